The minimum atomic E-state index is -3.56. The SMILES string of the molecule is CC(C)(C)C(=O)Nc1ccc(S(=O)(=O)NCC2CCCO2)cc1. The van der Waals surface area contributed by atoms with Crippen LogP contribution in [-0.4, -0.2) is 33.6 Å². The van der Waals surface area contributed by atoms with Crippen molar-refractivity contribution in [3.05, 3.63) is 24.3 Å². The van der Waals surface area contributed by atoms with Crippen LogP contribution in [0.5, 0.6) is 0 Å². The Labute approximate surface area is 137 Å². The lowest BCUT2D eigenvalue weighted by Gasteiger charge is -2.17. The molecule has 1 fully saturated rings. The Bertz CT molecular complexity index is 642. The van der Waals surface area contributed by atoms with E-state index in [0.717, 1.165) is 12.8 Å². The molecule has 1 aromatic rings. The fourth-order valence-electron chi connectivity index (χ4n) is 2.13. The molecule has 128 valence electrons. The molecule has 0 bridgehead atoms. The molecule has 1 aromatic carbocycles. The maximum atomic E-state index is 12.2. The van der Waals surface area contributed by atoms with E-state index in [0.29, 0.717) is 12.3 Å². The summed E-state index contributed by atoms with van der Waals surface area (Å²) in [5.74, 6) is -0.121. The molecule has 0 spiro atoms. The average molecular weight is 340 g/mol. The second kappa shape index (κ2) is 6.98. The van der Waals surface area contributed by atoms with Gasteiger partial charge in [0.15, 0.2) is 0 Å². The summed E-state index contributed by atoms with van der Waals surface area (Å²) >= 11 is 0. The van der Waals surface area contributed by atoms with Gasteiger partial charge < -0.3 is 10.1 Å². The maximum Gasteiger partial charge on any atom is 0.240 e. The first-order valence-corrected chi connectivity index (χ1v) is 9.19. The number of carbonyl (C=O) groups is 1. The second-order valence-electron chi connectivity index (χ2n) is 6.72. The highest BCUT2D eigenvalue weighted by atomic mass is 32.2. The number of rotatable bonds is 5. The van der Waals surface area contributed by atoms with Gasteiger partial charge in [0.1, 0.15) is 0 Å². The number of carbonyl (C=O) groups excluding carboxylic acids is 1. The van der Waals surface area contributed by atoms with E-state index in [1.807, 2.05) is 20.8 Å². The van der Waals surface area contributed by atoms with E-state index in [1.54, 1.807) is 12.1 Å². The molecule has 1 aliphatic rings. The molecule has 6 nitrogen and oxygen atoms in total. The Hall–Kier alpha value is -1.44. The lowest BCUT2D eigenvalue weighted by atomic mass is 9.95. The Kier molecular flexibility index (Phi) is 5.44. The summed E-state index contributed by atoms with van der Waals surface area (Å²) in [6, 6.07) is 6.14. The van der Waals surface area contributed by atoms with Gasteiger partial charge in [-0.25, -0.2) is 13.1 Å². The zero-order valence-electron chi connectivity index (χ0n) is 13.8. The maximum absolute atomic E-state index is 12.2. The molecule has 2 rings (SSSR count). The number of ether oxygens (including phenoxy) is 1. The zero-order valence-corrected chi connectivity index (χ0v) is 14.6. The van der Waals surface area contributed by atoms with Crippen molar-refractivity contribution in [3.8, 4) is 0 Å². The summed E-state index contributed by atoms with van der Waals surface area (Å²) in [4.78, 5) is 12.1. The molecule has 0 aromatic heterocycles. The highest BCUT2D eigenvalue weighted by Crippen LogP contribution is 2.19. The van der Waals surface area contributed by atoms with Gasteiger partial charge in [-0.3, -0.25) is 4.79 Å². The van der Waals surface area contributed by atoms with Crippen molar-refractivity contribution in [2.45, 2.75) is 44.6 Å². The Morgan fingerprint density at radius 3 is 2.43 bits per heavy atom. The minimum Gasteiger partial charge on any atom is -0.377 e. The van der Waals surface area contributed by atoms with E-state index < -0.39 is 15.4 Å². The van der Waals surface area contributed by atoms with Crippen LogP contribution in [0.15, 0.2) is 29.2 Å². The molecule has 0 radical (unpaired) electrons. The predicted molar refractivity (Wildman–Crippen MR) is 88.7 cm³/mol. The first-order valence-electron chi connectivity index (χ1n) is 7.71. The molecule has 23 heavy (non-hydrogen) atoms. The molecular formula is C16H24N2O4S. The molecule has 1 heterocycles. The molecule has 1 amide bonds. The van der Waals surface area contributed by atoms with Crippen LogP contribution in [0.3, 0.4) is 0 Å². The quantitative estimate of drug-likeness (QED) is 0.860. The third kappa shape index (κ3) is 5.02. The zero-order chi connectivity index (χ0) is 17.1. The number of sulfonamides is 1. The Morgan fingerprint density at radius 1 is 1.26 bits per heavy atom. The number of hydrogen-bond donors (Lipinski definition) is 2. The highest BCUT2D eigenvalue weighted by molar-refractivity contribution is 7.89. The van der Waals surface area contributed by atoms with E-state index in [2.05, 4.69) is 10.0 Å². The monoisotopic (exact) mass is 340 g/mol. The lowest BCUT2D eigenvalue weighted by molar-refractivity contribution is -0.123. The fraction of sp³-hybridized carbons (Fsp3) is 0.562. The van der Waals surface area contributed by atoms with Gasteiger partial charge in [0.25, 0.3) is 0 Å². The van der Waals surface area contributed by atoms with Crippen molar-refractivity contribution in [2.75, 3.05) is 18.5 Å². The van der Waals surface area contributed by atoms with Crippen molar-refractivity contribution in [3.63, 3.8) is 0 Å². The van der Waals surface area contributed by atoms with Crippen LogP contribution in [0.1, 0.15) is 33.6 Å². The summed E-state index contributed by atoms with van der Waals surface area (Å²) in [7, 11) is -3.56. The summed E-state index contributed by atoms with van der Waals surface area (Å²) in [5.41, 5.74) is 0.0659. The number of anilines is 1. The molecule has 7 heteroatoms. The van der Waals surface area contributed by atoms with Gasteiger partial charge in [-0.1, -0.05) is 20.8 Å². The number of amides is 1. The standard InChI is InChI=1S/C16H24N2O4S/c1-16(2,3)15(19)18-12-6-8-14(9-7-12)23(20,21)17-11-13-5-4-10-22-13/h6-9,13,17H,4-5,10-11H2,1-3H3,(H,18,19). The molecule has 1 saturated heterocycles. The number of benzene rings is 1. The van der Waals surface area contributed by atoms with Crippen molar-refractivity contribution in [2.24, 2.45) is 5.41 Å². The van der Waals surface area contributed by atoms with Gasteiger partial charge in [0.05, 0.1) is 11.0 Å². The van der Waals surface area contributed by atoms with Crippen LogP contribution in [0, 0.1) is 5.41 Å². The van der Waals surface area contributed by atoms with Gasteiger partial charge in [0.2, 0.25) is 15.9 Å². The smallest absolute Gasteiger partial charge is 0.240 e. The first kappa shape index (κ1) is 17.9. The van der Waals surface area contributed by atoms with Crippen LogP contribution in [0.25, 0.3) is 0 Å². The summed E-state index contributed by atoms with van der Waals surface area (Å²) in [5, 5.41) is 2.76. The van der Waals surface area contributed by atoms with E-state index in [4.69, 9.17) is 4.74 Å². The molecule has 2 N–H and O–H groups in total. The van der Waals surface area contributed by atoms with Crippen molar-refractivity contribution in [1.82, 2.24) is 4.72 Å². The normalized spacial score (nSPS) is 18.8. The largest absolute Gasteiger partial charge is 0.377 e. The Balaban J connectivity index is 1.98. The first-order chi connectivity index (χ1) is 10.7. The summed E-state index contributed by atoms with van der Waals surface area (Å²) in [6.07, 6.45) is 1.80. The second-order valence-corrected chi connectivity index (χ2v) is 8.48. The fourth-order valence-corrected chi connectivity index (χ4v) is 3.19. The summed E-state index contributed by atoms with van der Waals surface area (Å²) in [6.45, 7) is 6.42. The van der Waals surface area contributed by atoms with Gasteiger partial charge >= 0.3 is 0 Å². The lowest BCUT2D eigenvalue weighted by Crippen LogP contribution is -2.31. The van der Waals surface area contributed by atoms with Crippen LogP contribution in [-0.2, 0) is 19.6 Å². The van der Waals surface area contributed by atoms with Crippen molar-refractivity contribution < 1.29 is 17.9 Å². The van der Waals surface area contributed by atoms with E-state index >= 15 is 0 Å². The average Bonchev–Trinajstić information content (AvgIpc) is 2.98. The molecule has 0 aliphatic carbocycles. The Morgan fingerprint density at radius 2 is 1.91 bits per heavy atom. The van der Waals surface area contributed by atoms with Crippen LogP contribution >= 0.6 is 0 Å². The van der Waals surface area contributed by atoms with E-state index in [-0.39, 0.29) is 23.5 Å². The third-order valence-electron chi connectivity index (χ3n) is 3.63. The molecule has 1 atom stereocenters. The van der Waals surface area contributed by atoms with Gasteiger partial charge in [-0.2, -0.15) is 0 Å². The van der Waals surface area contributed by atoms with Crippen molar-refractivity contribution in [1.29, 1.82) is 0 Å². The third-order valence-corrected chi connectivity index (χ3v) is 5.07. The predicted octanol–water partition coefficient (Wildman–Crippen LogP) is 2.13. The molecule has 1 aliphatic heterocycles. The highest BCUT2D eigenvalue weighted by Gasteiger charge is 2.22. The topological polar surface area (TPSA) is 84.5 Å². The van der Waals surface area contributed by atoms with Crippen LogP contribution in [0.2, 0.25) is 0 Å². The van der Waals surface area contributed by atoms with Gasteiger partial charge in [-0.15, -0.1) is 0 Å². The summed E-state index contributed by atoms with van der Waals surface area (Å²) < 4.78 is 32.4. The van der Waals surface area contributed by atoms with Crippen molar-refractivity contribution >= 4 is 21.6 Å². The van der Waals surface area contributed by atoms with Crippen LogP contribution in [0.4, 0.5) is 5.69 Å². The van der Waals surface area contributed by atoms with E-state index in [1.165, 1.54) is 12.1 Å². The minimum absolute atomic E-state index is 0.0462. The van der Waals surface area contributed by atoms with Gasteiger partial charge in [-0.05, 0) is 37.1 Å². The van der Waals surface area contributed by atoms with Crippen LogP contribution < -0.4 is 10.0 Å². The molecular weight excluding hydrogens is 316 g/mol. The number of nitrogens with one attached hydrogen (secondary N) is 2. The molecule has 0 saturated carbocycles. The molecule has 1 unspecified atom stereocenters. The van der Waals surface area contributed by atoms with E-state index in [9.17, 15) is 13.2 Å². The van der Waals surface area contributed by atoms with Gasteiger partial charge in [0, 0.05) is 24.3 Å². The number of hydrogen-bond acceptors (Lipinski definition) is 4.